The van der Waals surface area contributed by atoms with Crippen LogP contribution >= 0.6 is 23.1 Å². The SMILES string of the molecule is O=C(O)Cc1csc(-c2ccc(CSCCCO)cc2)n1. The lowest BCUT2D eigenvalue weighted by atomic mass is 10.1. The fraction of sp³-hybridized carbons (Fsp3) is 0.333. The molecule has 0 radical (unpaired) electrons. The van der Waals surface area contributed by atoms with Crippen LogP contribution in [0.2, 0.25) is 0 Å². The number of benzene rings is 1. The molecule has 0 saturated carbocycles. The minimum Gasteiger partial charge on any atom is -0.481 e. The van der Waals surface area contributed by atoms with Crippen LogP contribution in [-0.2, 0) is 17.0 Å². The van der Waals surface area contributed by atoms with E-state index in [0.29, 0.717) is 5.69 Å². The molecule has 1 aromatic carbocycles. The van der Waals surface area contributed by atoms with Gasteiger partial charge in [-0.25, -0.2) is 4.98 Å². The van der Waals surface area contributed by atoms with E-state index in [1.54, 1.807) is 17.1 Å². The largest absolute Gasteiger partial charge is 0.481 e. The van der Waals surface area contributed by atoms with Crippen LogP contribution in [-0.4, -0.2) is 33.5 Å². The highest BCUT2D eigenvalue weighted by molar-refractivity contribution is 7.98. The summed E-state index contributed by atoms with van der Waals surface area (Å²) in [6.45, 7) is 0.245. The molecule has 0 bridgehead atoms. The van der Waals surface area contributed by atoms with E-state index in [4.69, 9.17) is 10.2 Å². The van der Waals surface area contributed by atoms with E-state index in [1.807, 2.05) is 12.1 Å². The molecule has 2 rings (SSSR count). The summed E-state index contributed by atoms with van der Waals surface area (Å²) in [5.41, 5.74) is 2.86. The number of aliphatic carboxylic acids is 1. The van der Waals surface area contributed by atoms with Crippen molar-refractivity contribution in [3.8, 4) is 10.6 Å². The molecule has 1 heterocycles. The first-order valence-electron chi connectivity index (χ1n) is 6.63. The normalized spacial score (nSPS) is 10.7. The zero-order valence-electron chi connectivity index (χ0n) is 11.5. The summed E-state index contributed by atoms with van der Waals surface area (Å²) in [4.78, 5) is 15.0. The fourth-order valence-electron chi connectivity index (χ4n) is 1.78. The van der Waals surface area contributed by atoms with E-state index in [9.17, 15) is 4.79 Å². The lowest BCUT2D eigenvalue weighted by Gasteiger charge is -2.02. The molecule has 21 heavy (non-hydrogen) atoms. The highest BCUT2D eigenvalue weighted by atomic mass is 32.2. The molecular weight excluding hydrogens is 306 g/mol. The average Bonchev–Trinajstić information content (AvgIpc) is 2.92. The molecule has 0 aliphatic heterocycles. The molecule has 4 nitrogen and oxygen atoms in total. The molecule has 0 atom stereocenters. The van der Waals surface area contributed by atoms with Crippen molar-refractivity contribution >= 4 is 29.1 Å². The minimum absolute atomic E-state index is 0.0317. The number of carbonyl (C=O) groups is 1. The summed E-state index contributed by atoms with van der Waals surface area (Å²) in [5.74, 6) is 1.04. The number of carboxylic acid groups (broad SMARTS) is 1. The van der Waals surface area contributed by atoms with Gasteiger partial charge in [0.25, 0.3) is 0 Å². The highest BCUT2D eigenvalue weighted by Gasteiger charge is 2.07. The van der Waals surface area contributed by atoms with Crippen LogP contribution in [0.3, 0.4) is 0 Å². The Morgan fingerprint density at radius 3 is 2.71 bits per heavy atom. The molecule has 2 aromatic rings. The first-order chi connectivity index (χ1) is 10.2. The van der Waals surface area contributed by atoms with Crippen LogP contribution in [0.1, 0.15) is 17.7 Å². The van der Waals surface area contributed by atoms with E-state index in [-0.39, 0.29) is 13.0 Å². The van der Waals surface area contributed by atoms with Gasteiger partial charge in [-0.3, -0.25) is 4.79 Å². The van der Waals surface area contributed by atoms with Gasteiger partial charge in [-0.15, -0.1) is 11.3 Å². The molecule has 6 heteroatoms. The first-order valence-corrected chi connectivity index (χ1v) is 8.66. The highest BCUT2D eigenvalue weighted by Crippen LogP contribution is 2.25. The van der Waals surface area contributed by atoms with Crippen molar-refractivity contribution in [2.75, 3.05) is 12.4 Å². The van der Waals surface area contributed by atoms with Gasteiger partial charge >= 0.3 is 5.97 Å². The number of nitrogens with zero attached hydrogens (tertiary/aromatic N) is 1. The van der Waals surface area contributed by atoms with Gasteiger partial charge in [-0.05, 0) is 17.7 Å². The number of thioether (sulfide) groups is 1. The second-order valence-corrected chi connectivity index (χ2v) is 6.50. The summed E-state index contributed by atoms with van der Waals surface area (Å²) in [6.07, 6.45) is 0.796. The van der Waals surface area contributed by atoms with Crippen LogP contribution in [0.15, 0.2) is 29.6 Å². The Kier molecular flexibility index (Phi) is 6.22. The van der Waals surface area contributed by atoms with Gasteiger partial charge in [-0.1, -0.05) is 24.3 Å². The van der Waals surface area contributed by atoms with Gasteiger partial charge in [0.2, 0.25) is 0 Å². The van der Waals surface area contributed by atoms with E-state index in [1.165, 1.54) is 16.9 Å². The first kappa shape index (κ1) is 16.0. The Hall–Kier alpha value is -1.37. The number of hydrogen-bond acceptors (Lipinski definition) is 5. The van der Waals surface area contributed by atoms with Gasteiger partial charge in [0.15, 0.2) is 0 Å². The maximum absolute atomic E-state index is 10.7. The molecule has 0 amide bonds. The molecule has 0 aliphatic carbocycles. The Labute approximate surface area is 131 Å². The predicted octanol–water partition coefficient (Wildman–Crippen LogP) is 3.05. The van der Waals surface area contributed by atoms with Crippen LogP contribution in [0, 0.1) is 0 Å². The molecular formula is C15H17NO3S2. The second-order valence-electron chi connectivity index (χ2n) is 4.54. The number of rotatable bonds is 8. The summed E-state index contributed by atoms with van der Waals surface area (Å²) >= 11 is 3.27. The van der Waals surface area contributed by atoms with Crippen molar-refractivity contribution in [1.29, 1.82) is 0 Å². The van der Waals surface area contributed by atoms with Gasteiger partial charge in [-0.2, -0.15) is 11.8 Å². The van der Waals surface area contributed by atoms with E-state index >= 15 is 0 Å². The standard InChI is InChI=1S/C15H17NO3S2/c17-6-1-7-20-9-11-2-4-12(5-3-11)15-16-13(10-21-15)8-14(18)19/h2-5,10,17H,1,6-9H2,(H,18,19). The lowest BCUT2D eigenvalue weighted by molar-refractivity contribution is -0.136. The van der Waals surface area contributed by atoms with Gasteiger partial charge in [0, 0.05) is 23.3 Å². The summed E-state index contributed by atoms with van der Waals surface area (Å²) in [6, 6.07) is 8.18. The van der Waals surface area contributed by atoms with Crippen LogP contribution in [0.5, 0.6) is 0 Å². The Morgan fingerprint density at radius 2 is 2.05 bits per heavy atom. The predicted molar refractivity (Wildman–Crippen MR) is 86.8 cm³/mol. The molecule has 1 aromatic heterocycles. The smallest absolute Gasteiger partial charge is 0.309 e. The lowest BCUT2D eigenvalue weighted by Crippen LogP contribution is -1.99. The Bertz CT molecular complexity index is 581. The second kappa shape index (κ2) is 8.17. The molecule has 0 fully saturated rings. The minimum atomic E-state index is -0.859. The number of carboxylic acids is 1. The average molecular weight is 323 g/mol. The molecule has 0 aliphatic rings. The molecule has 112 valence electrons. The topological polar surface area (TPSA) is 70.4 Å². The summed E-state index contributed by atoms with van der Waals surface area (Å²) in [7, 11) is 0. The molecule has 2 N–H and O–H groups in total. The van der Waals surface area contributed by atoms with Crippen molar-refractivity contribution in [3.63, 3.8) is 0 Å². The van der Waals surface area contributed by atoms with Crippen molar-refractivity contribution in [3.05, 3.63) is 40.9 Å². The Morgan fingerprint density at radius 1 is 1.29 bits per heavy atom. The fourth-order valence-corrected chi connectivity index (χ4v) is 3.51. The number of aliphatic hydroxyl groups excluding tert-OH is 1. The molecule has 0 spiro atoms. The van der Waals surface area contributed by atoms with Crippen molar-refractivity contribution in [2.45, 2.75) is 18.6 Å². The zero-order valence-corrected chi connectivity index (χ0v) is 13.1. The third-order valence-corrected chi connectivity index (χ3v) is 4.86. The number of hydrogen-bond donors (Lipinski definition) is 2. The van der Waals surface area contributed by atoms with Crippen molar-refractivity contribution < 1.29 is 15.0 Å². The van der Waals surface area contributed by atoms with E-state index in [2.05, 4.69) is 17.1 Å². The summed E-state index contributed by atoms with van der Waals surface area (Å²) in [5, 5.41) is 20.1. The number of thiazole rings is 1. The van der Waals surface area contributed by atoms with E-state index < -0.39 is 5.97 Å². The van der Waals surface area contributed by atoms with Gasteiger partial charge in [0.05, 0.1) is 12.1 Å². The van der Waals surface area contributed by atoms with Crippen LogP contribution in [0.4, 0.5) is 0 Å². The quantitative estimate of drug-likeness (QED) is 0.731. The van der Waals surface area contributed by atoms with Gasteiger partial charge in [0.1, 0.15) is 5.01 Å². The Balaban J connectivity index is 1.95. The van der Waals surface area contributed by atoms with Gasteiger partial charge < -0.3 is 10.2 Å². The van der Waals surface area contributed by atoms with E-state index in [0.717, 1.165) is 28.5 Å². The third-order valence-electron chi connectivity index (χ3n) is 2.80. The molecule has 0 saturated heterocycles. The third kappa shape index (κ3) is 5.15. The zero-order chi connectivity index (χ0) is 15.1. The van der Waals surface area contributed by atoms with Crippen LogP contribution in [0.25, 0.3) is 10.6 Å². The maximum atomic E-state index is 10.7. The monoisotopic (exact) mass is 323 g/mol. The molecule has 0 unspecified atom stereocenters. The number of aromatic nitrogens is 1. The van der Waals surface area contributed by atoms with Crippen LogP contribution < -0.4 is 0 Å². The van der Waals surface area contributed by atoms with Crippen molar-refractivity contribution in [2.24, 2.45) is 0 Å². The van der Waals surface area contributed by atoms with Crippen molar-refractivity contribution in [1.82, 2.24) is 4.98 Å². The maximum Gasteiger partial charge on any atom is 0.309 e. The summed E-state index contributed by atoms with van der Waals surface area (Å²) < 4.78 is 0. The number of aliphatic hydroxyl groups is 1.